The first-order valence-corrected chi connectivity index (χ1v) is 6.77. The minimum absolute atomic E-state index is 0.256. The maximum atomic E-state index is 10.7. The Bertz CT molecular complexity index is 506. The van der Waals surface area contributed by atoms with Crippen molar-refractivity contribution >= 4 is 33.5 Å². The molecule has 0 saturated carbocycles. The van der Waals surface area contributed by atoms with Crippen molar-refractivity contribution in [3.05, 3.63) is 33.8 Å². The maximum Gasteiger partial charge on any atom is 0.333 e. The minimum Gasteiger partial charge on any atom is -0.386 e. The lowest BCUT2D eigenvalue weighted by atomic mass is 10.1. The van der Waals surface area contributed by atoms with Crippen LogP contribution in [0.2, 0.25) is 10.0 Å². The van der Waals surface area contributed by atoms with Crippen molar-refractivity contribution < 1.29 is 17.7 Å². The quantitative estimate of drug-likeness (QED) is 0.884. The predicted molar refractivity (Wildman–Crippen MR) is 65.1 cm³/mol. The predicted octanol–water partition coefficient (Wildman–Crippen LogP) is 1.64. The van der Waals surface area contributed by atoms with E-state index in [0.717, 1.165) is 0 Å². The van der Waals surface area contributed by atoms with Crippen LogP contribution >= 0.6 is 23.2 Å². The van der Waals surface area contributed by atoms with Gasteiger partial charge in [0.15, 0.2) is 0 Å². The molecule has 0 spiro atoms. The molecular weight excluding hydrogens is 289 g/mol. The number of benzene rings is 1. The van der Waals surface area contributed by atoms with Crippen LogP contribution in [0.1, 0.15) is 18.6 Å². The summed E-state index contributed by atoms with van der Waals surface area (Å²) in [5.74, 6) is 0. The number of aliphatic hydroxyl groups excluding tert-OH is 1. The van der Waals surface area contributed by atoms with E-state index < -0.39 is 22.5 Å². The van der Waals surface area contributed by atoms with Crippen molar-refractivity contribution in [2.24, 2.45) is 5.14 Å². The van der Waals surface area contributed by atoms with E-state index in [2.05, 4.69) is 4.18 Å². The summed E-state index contributed by atoms with van der Waals surface area (Å²) < 4.78 is 25.8. The van der Waals surface area contributed by atoms with Gasteiger partial charge in [-0.05, 0) is 24.6 Å². The average Bonchev–Trinajstić information content (AvgIpc) is 2.18. The second-order valence-corrected chi connectivity index (χ2v) is 5.40. The van der Waals surface area contributed by atoms with Crippen LogP contribution in [-0.2, 0) is 14.5 Å². The Morgan fingerprint density at radius 1 is 1.35 bits per heavy atom. The van der Waals surface area contributed by atoms with Gasteiger partial charge in [-0.25, -0.2) is 5.14 Å². The smallest absolute Gasteiger partial charge is 0.333 e. The van der Waals surface area contributed by atoms with Gasteiger partial charge in [-0.1, -0.05) is 29.3 Å². The Morgan fingerprint density at radius 3 is 2.41 bits per heavy atom. The lowest BCUT2D eigenvalue weighted by molar-refractivity contribution is 0.0508. The largest absolute Gasteiger partial charge is 0.386 e. The summed E-state index contributed by atoms with van der Waals surface area (Å²) in [6.07, 6.45) is -2.20. The Hall–Kier alpha value is -0.370. The number of hydrogen-bond acceptors (Lipinski definition) is 4. The summed E-state index contributed by atoms with van der Waals surface area (Å²) in [6.45, 7) is 1.37. The summed E-state index contributed by atoms with van der Waals surface area (Å²) in [4.78, 5) is 0. The molecule has 2 unspecified atom stereocenters. The van der Waals surface area contributed by atoms with E-state index in [4.69, 9.17) is 28.3 Å². The van der Waals surface area contributed by atoms with Crippen LogP contribution in [0.4, 0.5) is 0 Å². The highest BCUT2D eigenvalue weighted by Gasteiger charge is 2.22. The molecule has 3 N–H and O–H groups in total. The number of halogens is 2. The molecule has 96 valence electrons. The van der Waals surface area contributed by atoms with E-state index in [-0.39, 0.29) is 5.02 Å². The van der Waals surface area contributed by atoms with E-state index in [0.29, 0.717) is 10.6 Å². The van der Waals surface area contributed by atoms with Crippen LogP contribution in [0.15, 0.2) is 18.2 Å². The second kappa shape index (κ2) is 5.51. The molecule has 0 aliphatic heterocycles. The van der Waals surface area contributed by atoms with Crippen LogP contribution in [0.25, 0.3) is 0 Å². The minimum atomic E-state index is -4.11. The molecule has 0 bridgehead atoms. The van der Waals surface area contributed by atoms with Gasteiger partial charge in [0.25, 0.3) is 0 Å². The van der Waals surface area contributed by atoms with E-state index in [1.807, 2.05) is 0 Å². The standard InChI is InChI=1S/C9H11Cl2NO4S/c1-5(16-17(12,14)15)9(13)6-2-3-7(10)8(11)4-6/h2-5,9,13H,1H3,(H2,12,14,15). The Balaban J connectivity index is 2.88. The Kier molecular flexibility index (Phi) is 4.77. The Labute approximate surface area is 109 Å². The van der Waals surface area contributed by atoms with Crippen molar-refractivity contribution in [2.75, 3.05) is 0 Å². The van der Waals surface area contributed by atoms with Gasteiger partial charge in [-0.3, -0.25) is 4.18 Å². The van der Waals surface area contributed by atoms with E-state index in [9.17, 15) is 13.5 Å². The third-order valence-corrected chi connectivity index (χ3v) is 3.33. The van der Waals surface area contributed by atoms with Gasteiger partial charge in [0.2, 0.25) is 0 Å². The summed E-state index contributed by atoms with van der Waals surface area (Å²) in [5.41, 5.74) is 0.385. The zero-order valence-electron chi connectivity index (χ0n) is 8.80. The van der Waals surface area contributed by atoms with Crippen LogP contribution in [-0.4, -0.2) is 19.6 Å². The molecule has 0 aliphatic carbocycles. The molecule has 0 saturated heterocycles. The van der Waals surface area contributed by atoms with Crippen molar-refractivity contribution in [1.82, 2.24) is 0 Å². The number of nitrogens with two attached hydrogens (primary N) is 1. The highest BCUT2D eigenvalue weighted by Crippen LogP contribution is 2.27. The third kappa shape index (κ3) is 4.42. The van der Waals surface area contributed by atoms with Gasteiger partial charge in [-0.15, -0.1) is 0 Å². The van der Waals surface area contributed by atoms with Gasteiger partial charge in [-0.2, -0.15) is 8.42 Å². The first-order chi connectivity index (χ1) is 7.70. The summed E-state index contributed by atoms with van der Waals surface area (Å²) in [5, 5.41) is 15.1. The van der Waals surface area contributed by atoms with Crippen LogP contribution in [0.3, 0.4) is 0 Å². The molecule has 0 heterocycles. The molecule has 1 aromatic carbocycles. The van der Waals surface area contributed by atoms with Gasteiger partial charge >= 0.3 is 10.3 Å². The number of hydrogen-bond donors (Lipinski definition) is 2. The molecule has 0 radical (unpaired) electrons. The normalized spacial score (nSPS) is 15.6. The summed E-state index contributed by atoms with van der Waals surface area (Å²) in [6, 6.07) is 4.44. The van der Waals surface area contributed by atoms with Crippen molar-refractivity contribution in [1.29, 1.82) is 0 Å². The first kappa shape index (κ1) is 14.7. The molecule has 0 aliphatic rings. The molecule has 0 aromatic heterocycles. The molecule has 1 rings (SSSR count). The lowest BCUT2D eigenvalue weighted by Gasteiger charge is -2.18. The molecule has 1 aromatic rings. The highest BCUT2D eigenvalue weighted by atomic mass is 35.5. The van der Waals surface area contributed by atoms with Gasteiger partial charge in [0.1, 0.15) is 12.2 Å². The number of rotatable bonds is 4. The van der Waals surface area contributed by atoms with Crippen LogP contribution in [0.5, 0.6) is 0 Å². The van der Waals surface area contributed by atoms with Gasteiger partial charge < -0.3 is 5.11 Å². The molecule has 17 heavy (non-hydrogen) atoms. The third-order valence-electron chi connectivity index (χ3n) is 2.02. The first-order valence-electron chi connectivity index (χ1n) is 4.54. The fraction of sp³-hybridized carbons (Fsp3) is 0.333. The van der Waals surface area contributed by atoms with Crippen molar-refractivity contribution in [3.63, 3.8) is 0 Å². The summed E-state index contributed by atoms with van der Waals surface area (Å²) >= 11 is 11.5. The van der Waals surface area contributed by atoms with E-state index in [1.54, 1.807) is 0 Å². The monoisotopic (exact) mass is 299 g/mol. The molecular formula is C9H11Cl2NO4S. The Morgan fingerprint density at radius 2 is 1.94 bits per heavy atom. The summed E-state index contributed by atoms with van der Waals surface area (Å²) in [7, 11) is -4.11. The number of aliphatic hydroxyl groups is 1. The van der Waals surface area contributed by atoms with Crippen molar-refractivity contribution in [2.45, 2.75) is 19.1 Å². The molecule has 2 atom stereocenters. The lowest BCUT2D eigenvalue weighted by Crippen LogP contribution is -2.26. The zero-order valence-corrected chi connectivity index (χ0v) is 11.1. The topological polar surface area (TPSA) is 89.6 Å². The van der Waals surface area contributed by atoms with Crippen LogP contribution in [0, 0.1) is 0 Å². The molecule has 5 nitrogen and oxygen atoms in total. The fourth-order valence-corrected chi connectivity index (χ4v) is 2.07. The second-order valence-electron chi connectivity index (χ2n) is 3.41. The molecule has 0 amide bonds. The van der Waals surface area contributed by atoms with Crippen LogP contribution < -0.4 is 5.14 Å². The van der Waals surface area contributed by atoms with Gasteiger partial charge in [0, 0.05) is 0 Å². The molecule has 0 fully saturated rings. The van der Waals surface area contributed by atoms with Crippen molar-refractivity contribution in [3.8, 4) is 0 Å². The highest BCUT2D eigenvalue weighted by molar-refractivity contribution is 7.84. The maximum absolute atomic E-state index is 10.7. The fourth-order valence-electron chi connectivity index (χ4n) is 1.23. The average molecular weight is 300 g/mol. The molecule has 8 heteroatoms. The van der Waals surface area contributed by atoms with Gasteiger partial charge in [0.05, 0.1) is 10.0 Å². The van der Waals surface area contributed by atoms with E-state index in [1.165, 1.54) is 25.1 Å². The zero-order chi connectivity index (χ0) is 13.2. The SMILES string of the molecule is CC(OS(N)(=O)=O)C(O)c1ccc(Cl)c(Cl)c1. The van der Waals surface area contributed by atoms with E-state index >= 15 is 0 Å².